The molecule has 5 atom stereocenters. The van der Waals surface area contributed by atoms with E-state index in [1.807, 2.05) is 6.92 Å². The van der Waals surface area contributed by atoms with Gasteiger partial charge in [-0.25, -0.2) is 9.59 Å². The fourth-order valence-corrected chi connectivity index (χ4v) is 42.7. The van der Waals surface area contributed by atoms with Gasteiger partial charge < -0.3 is 30.0 Å². The first kappa shape index (κ1) is 37.7. The van der Waals surface area contributed by atoms with Crippen LogP contribution in [0.25, 0.3) is 0 Å². The lowest BCUT2D eigenvalue weighted by atomic mass is 10.3. The van der Waals surface area contributed by atoms with Crippen molar-refractivity contribution in [3.8, 4) is 0 Å². The summed E-state index contributed by atoms with van der Waals surface area (Å²) in [5.41, 5.74) is 0.759. The molecule has 2 fully saturated rings. The SMILES string of the molecule is C=C(C)C(=O)OCCC[Si]1(C)O[Si](C)(CCC(C)OC(=O)C(=C)C)O[Si]2(C)CC[Si](C)(C)O[Si](C)(C)CC[Si](C)(O1)O2. The van der Waals surface area contributed by atoms with Gasteiger partial charge in [-0.2, -0.15) is 0 Å². The molecule has 5 unspecified atom stereocenters. The van der Waals surface area contributed by atoms with Crippen molar-refractivity contribution in [1.29, 1.82) is 0 Å². The average molecular weight is 693 g/mol. The molecule has 0 amide bonds. The maximum atomic E-state index is 12.1. The average Bonchev–Trinajstić information content (AvgIpc) is 2.81. The molecule has 15 heteroatoms. The third-order valence-corrected chi connectivity index (χ3v) is 34.6. The molecule has 0 aliphatic carbocycles. The van der Waals surface area contributed by atoms with Gasteiger partial charge in [0, 0.05) is 11.1 Å². The summed E-state index contributed by atoms with van der Waals surface area (Å²) >= 11 is 0. The molecular weight excluding hydrogens is 637 g/mol. The first-order valence-electron chi connectivity index (χ1n) is 15.2. The molecule has 2 aliphatic heterocycles. The van der Waals surface area contributed by atoms with E-state index < -0.39 is 56.8 Å². The van der Waals surface area contributed by atoms with Crippen LogP contribution in [0.2, 0.25) is 88.6 Å². The summed E-state index contributed by atoms with van der Waals surface area (Å²) < 4.78 is 46.7. The van der Waals surface area contributed by atoms with E-state index in [1.165, 1.54) is 0 Å². The van der Waals surface area contributed by atoms with Gasteiger partial charge >= 0.3 is 46.2 Å². The molecule has 42 heavy (non-hydrogen) atoms. The van der Waals surface area contributed by atoms with Gasteiger partial charge in [0.05, 0.1) is 12.7 Å². The smallest absolute Gasteiger partial charge is 0.333 e. The second-order valence-corrected chi connectivity index (χ2v) is 37.3. The van der Waals surface area contributed by atoms with E-state index in [9.17, 15) is 9.59 Å². The van der Waals surface area contributed by atoms with Crippen LogP contribution in [0.4, 0.5) is 0 Å². The fraction of sp³-hybridized carbons (Fsp3) is 0.778. The zero-order valence-electron chi connectivity index (χ0n) is 28.0. The number of fused-ring (bicyclic) bond motifs is 2. The lowest BCUT2D eigenvalue weighted by molar-refractivity contribution is -0.143. The quantitative estimate of drug-likeness (QED) is 0.102. The van der Waals surface area contributed by atoms with E-state index in [0.29, 0.717) is 36.1 Å². The van der Waals surface area contributed by atoms with Crippen LogP contribution in [0.3, 0.4) is 0 Å². The molecule has 0 aromatic heterocycles. The maximum absolute atomic E-state index is 12.1. The van der Waals surface area contributed by atoms with Crippen LogP contribution >= 0.6 is 0 Å². The van der Waals surface area contributed by atoms with Crippen LogP contribution in [-0.4, -0.2) is 75.5 Å². The van der Waals surface area contributed by atoms with E-state index in [2.05, 4.69) is 65.5 Å². The Balaban J connectivity index is 2.40. The zero-order chi connectivity index (χ0) is 32.2. The zero-order valence-corrected chi connectivity index (χ0v) is 34.0. The Morgan fingerprint density at radius 3 is 1.64 bits per heavy atom. The Morgan fingerprint density at radius 2 is 1.17 bits per heavy atom. The second kappa shape index (κ2) is 14.3. The van der Waals surface area contributed by atoms with E-state index in [-0.39, 0.29) is 18.7 Å². The monoisotopic (exact) mass is 692 g/mol. The Kier molecular flexibility index (Phi) is 12.8. The maximum Gasteiger partial charge on any atom is 0.333 e. The summed E-state index contributed by atoms with van der Waals surface area (Å²) in [6, 6.07) is 4.89. The molecule has 0 aromatic carbocycles. The van der Waals surface area contributed by atoms with Crippen LogP contribution in [0.1, 0.15) is 33.6 Å². The van der Waals surface area contributed by atoms with Crippen molar-refractivity contribution in [2.24, 2.45) is 0 Å². The van der Waals surface area contributed by atoms with Crippen molar-refractivity contribution in [1.82, 2.24) is 0 Å². The highest BCUT2D eigenvalue weighted by molar-refractivity contribution is 6.95. The molecule has 9 nitrogen and oxygen atoms in total. The number of carbonyl (C=O) groups is 2. The van der Waals surface area contributed by atoms with E-state index in [4.69, 9.17) is 30.0 Å². The van der Waals surface area contributed by atoms with Crippen molar-refractivity contribution < 1.29 is 39.6 Å². The summed E-state index contributed by atoms with van der Waals surface area (Å²) in [5.74, 6) is -0.780. The van der Waals surface area contributed by atoms with Crippen molar-refractivity contribution in [2.75, 3.05) is 6.61 Å². The number of hydrogen-bond acceptors (Lipinski definition) is 9. The highest BCUT2D eigenvalue weighted by Crippen LogP contribution is 2.42. The molecule has 0 radical (unpaired) electrons. The Bertz CT molecular complexity index is 1030. The van der Waals surface area contributed by atoms with E-state index in [0.717, 1.165) is 24.2 Å². The molecule has 2 bridgehead atoms. The highest BCUT2D eigenvalue weighted by Gasteiger charge is 2.57. The van der Waals surface area contributed by atoms with E-state index in [1.54, 1.807) is 13.8 Å². The van der Waals surface area contributed by atoms with Gasteiger partial charge in [-0.1, -0.05) is 13.2 Å². The normalized spacial score (nSPS) is 33.8. The lowest BCUT2D eigenvalue weighted by Gasteiger charge is -2.52. The van der Waals surface area contributed by atoms with Crippen molar-refractivity contribution in [3.05, 3.63) is 24.3 Å². The van der Waals surface area contributed by atoms with Gasteiger partial charge in [0.15, 0.2) is 16.6 Å². The van der Waals surface area contributed by atoms with Gasteiger partial charge in [0.1, 0.15) is 0 Å². The number of carbonyl (C=O) groups excluding carboxylic acids is 2. The van der Waals surface area contributed by atoms with Crippen LogP contribution in [-0.2, 0) is 39.6 Å². The third-order valence-electron chi connectivity index (χ3n) is 7.66. The van der Waals surface area contributed by atoms with Crippen LogP contribution in [0.15, 0.2) is 24.3 Å². The topological polar surface area (TPSA) is 98.8 Å². The van der Waals surface area contributed by atoms with Crippen molar-refractivity contribution in [3.63, 3.8) is 0 Å². The van der Waals surface area contributed by atoms with Gasteiger partial charge in [0.2, 0.25) is 0 Å². The Hall–Kier alpha value is -0.479. The molecule has 0 aromatic rings. The van der Waals surface area contributed by atoms with Gasteiger partial charge in [-0.15, -0.1) is 0 Å². The largest absolute Gasteiger partial charge is 0.462 e. The van der Waals surface area contributed by atoms with Crippen LogP contribution in [0, 0.1) is 0 Å². The fourth-order valence-electron chi connectivity index (χ4n) is 5.71. The van der Waals surface area contributed by atoms with Crippen LogP contribution in [0.5, 0.6) is 0 Å². The number of rotatable bonds is 10. The minimum absolute atomic E-state index is 0.271. The summed E-state index contributed by atoms with van der Waals surface area (Å²) in [7, 11) is -15.0. The Morgan fingerprint density at radius 1 is 0.690 bits per heavy atom. The first-order valence-corrected chi connectivity index (χ1v) is 31.5. The lowest BCUT2D eigenvalue weighted by Crippen LogP contribution is -2.68. The Labute approximate surface area is 260 Å². The minimum Gasteiger partial charge on any atom is -0.462 e. The van der Waals surface area contributed by atoms with E-state index >= 15 is 0 Å². The summed E-state index contributed by atoms with van der Waals surface area (Å²) in [4.78, 5) is 24.1. The molecule has 0 N–H and O–H groups in total. The standard InChI is InChI=1S/C27H56O9Si6/c1-23(2)26(28)30-16-14-17-39(10)33-40(11,18-15-25(5)31-27(29)24(3)4)35-42(13)22-20-38(8,9)32-37(6,7)19-21-41(12,34-39)36-42/h25H,1,3,14-22H2,2,4-13H3. The number of esters is 2. The second-order valence-electron chi connectivity index (χ2n) is 14.1. The summed E-state index contributed by atoms with van der Waals surface area (Å²) in [6.45, 7) is 30.6. The van der Waals surface area contributed by atoms with Crippen LogP contribution < -0.4 is 0 Å². The minimum atomic E-state index is -2.88. The molecule has 2 aliphatic rings. The molecule has 0 saturated carbocycles. The molecule has 0 spiro atoms. The molecule has 2 heterocycles. The molecule has 2 rings (SSSR count). The van der Waals surface area contributed by atoms with Gasteiger partial charge in [0.25, 0.3) is 0 Å². The molecular formula is C27H56O9Si6. The number of ether oxygens (including phenoxy) is 2. The number of hydrogen-bond donors (Lipinski definition) is 0. The molecule has 2 saturated heterocycles. The van der Waals surface area contributed by atoms with Crippen molar-refractivity contribution in [2.45, 2.75) is 128 Å². The summed E-state index contributed by atoms with van der Waals surface area (Å²) in [6.07, 6.45) is 0.906. The van der Waals surface area contributed by atoms with Crippen molar-refractivity contribution >= 4 is 62.8 Å². The first-order chi connectivity index (χ1) is 19.0. The summed E-state index contributed by atoms with van der Waals surface area (Å²) in [5, 5.41) is 0. The molecule has 242 valence electrons. The predicted molar refractivity (Wildman–Crippen MR) is 181 cm³/mol. The van der Waals surface area contributed by atoms with Gasteiger partial charge in [-0.05, 0) is 122 Å². The van der Waals surface area contributed by atoms with Gasteiger partial charge in [-0.3, -0.25) is 0 Å². The predicted octanol–water partition coefficient (Wildman–Crippen LogP) is 7.20. The third kappa shape index (κ3) is 12.1. The highest BCUT2D eigenvalue weighted by atomic mass is 28.5.